The molecule has 0 unspecified atom stereocenters. The third-order valence-corrected chi connectivity index (χ3v) is 11.0. The summed E-state index contributed by atoms with van der Waals surface area (Å²) in [5, 5.41) is 24.0. The number of rotatable bonds is 6. The fourth-order valence-corrected chi connectivity index (χ4v) is 9.28. The van der Waals surface area contributed by atoms with E-state index in [4.69, 9.17) is 4.74 Å². The highest BCUT2D eigenvalue weighted by Crippen LogP contribution is 2.68. The van der Waals surface area contributed by atoms with Crippen LogP contribution < -0.4 is 5.32 Å². The van der Waals surface area contributed by atoms with Crippen molar-refractivity contribution in [1.82, 2.24) is 5.32 Å². The Morgan fingerprint density at radius 3 is 2.41 bits per heavy atom. The van der Waals surface area contributed by atoms with Gasteiger partial charge in [0.1, 0.15) is 6.10 Å². The largest absolute Gasteiger partial charge is 0.513 e. The highest BCUT2D eigenvalue weighted by atomic mass is 16.6. The first kappa shape index (κ1) is 25.9. The fraction of sp³-hybridized carbons (Fsp3) is 0.897. The van der Waals surface area contributed by atoms with Gasteiger partial charge in [-0.05, 0) is 118 Å². The number of fused-ring (bicyclic) bond motifs is 5. The van der Waals surface area contributed by atoms with Crippen LogP contribution in [0.5, 0.6) is 0 Å². The van der Waals surface area contributed by atoms with Crippen LogP contribution in [0.25, 0.3) is 0 Å². The summed E-state index contributed by atoms with van der Waals surface area (Å²) in [6.45, 7) is 14.9. The average molecular weight is 476 g/mol. The van der Waals surface area contributed by atoms with Crippen molar-refractivity contribution in [3.63, 3.8) is 0 Å². The lowest BCUT2D eigenvalue weighted by molar-refractivity contribution is -0.174. The number of amides is 1. The first-order valence-corrected chi connectivity index (χ1v) is 14.0. The fourth-order valence-electron chi connectivity index (χ4n) is 9.28. The lowest BCUT2D eigenvalue weighted by Gasteiger charge is -2.62. The van der Waals surface area contributed by atoms with Crippen LogP contribution in [0.3, 0.4) is 0 Å². The van der Waals surface area contributed by atoms with Gasteiger partial charge in [0.15, 0.2) is 0 Å². The molecular formula is C29H49NO4. The second-order valence-corrected chi connectivity index (χ2v) is 13.2. The molecular weight excluding hydrogens is 426 g/mol. The zero-order valence-electron chi connectivity index (χ0n) is 22.2. The Labute approximate surface area is 207 Å². The Hall–Kier alpha value is -1.23. The van der Waals surface area contributed by atoms with Gasteiger partial charge < -0.3 is 20.3 Å². The molecule has 5 heteroatoms. The molecule has 0 aromatic rings. The maximum Gasteiger partial charge on any atom is 0.407 e. The minimum Gasteiger partial charge on any atom is -0.513 e. The molecule has 0 saturated heterocycles. The standard InChI is InChI=1S/C29H49NO4/c1-17(2)30-27(33)34-21-11-13-28(5)20(15-21)16-25(32)26-23-10-9-22(18(3)7-8-19(4)31)29(23,6)14-12-24(26)28/h17-18,20-26,31-32H,4,7-16H2,1-3,5-6H3,(H,30,33)/t18-,20+,21-,22-,23+,24+,25-,26+,28+,29-/m1/s1. The van der Waals surface area contributed by atoms with E-state index in [2.05, 4.69) is 32.7 Å². The molecule has 4 fully saturated rings. The first-order chi connectivity index (χ1) is 16.0. The van der Waals surface area contributed by atoms with Crippen LogP contribution in [0.1, 0.15) is 98.8 Å². The van der Waals surface area contributed by atoms with Gasteiger partial charge in [-0.2, -0.15) is 0 Å². The average Bonchev–Trinajstić information content (AvgIpc) is 3.09. The number of carbonyl (C=O) groups excluding carboxylic acids is 1. The number of nitrogens with one attached hydrogen (secondary N) is 1. The molecule has 0 bridgehead atoms. The summed E-state index contributed by atoms with van der Waals surface area (Å²) in [5.41, 5.74) is 0.523. The van der Waals surface area contributed by atoms with Crippen molar-refractivity contribution < 1.29 is 19.7 Å². The van der Waals surface area contributed by atoms with Gasteiger partial charge in [-0.25, -0.2) is 4.79 Å². The van der Waals surface area contributed by atoms with Crippen molar-refractivity contribution in [1.29, 1.82) is 0 Å². The number of ether oxygens (including phenoxy) is 1. The van der Waals surface area contributed by atoms with Crippen molar-refractivity contribution >= 4 is 6.09 Å². The predicted octanol–water partition coefficient (Wildman–Crippen LogP) is 6.61. The van der Waals surface area contributed by atoms with Gasteiger partial charge >= 0.3 is 6.09 Å². The molecule has 0 aliphatic heterocycles. The van der Waals surface area contributed by atoms with Crippen molar-refractivity contribution in [3.05, 3.63) is 12.3 Å². The normalized spacial score (nSPS) is 44.5. The molecule has 34 heavy (non-hydrogen) atoms. The molecule has 5 nitrogen and oxygen atoms in total. The van der Waals surface area contributed by atoms with Gasteiger partial charge in [-0.3, -0.25) is 0 Å². The number of hydrogen-bond donors (Lipinski definition) is 3. The maximum atomic E-state index is 12.2. The third kappa shape index (κ3) is 4.63. The molecule has 0 aromatic heterocycles. The summed E-state index contributed by atoms with van der Waals surface area (Å²) in [4.78, 5) is 12.2. The van der Waals surface area contributed by atoms with Crippen LogP contribution in [0, 0.1) is 46.3 Å². The quantitative estimate of drug-likeness (QED) is 0.378. The van der Waals surface area contributed by atoms with E-state index in [1.165, 1.54) is 25.7 Å². The van der Waals surface area contributed by atoms with Crippen molar-refractivity contribution in [2.24, 2.45) is 46.3 Å². The van der Waals surface area contributed by atoms with Crippen LogP contribution in [0.15, 0.2) is 12.3 Å². The van der Waals surface area contributed by atoms with E-state index in [0.717, 1.165) is 32.1 Å². The van der Waals surface area contributed by atoms with Gasteiger partial charge in [0.2, 0.25) is 0 Å². The number of allylic oxidation sites excluding steroid dienone is 1. The molecule has 3 N–H and O–H groups in total. The Bertz CT molecular complexity index is 767. The maximum absolute atomic E-state index is 12.2. The van der Waals surface area contributed by atoms with E-state index in [1.54, 1.807) is 0 Å². The number of aliphatic hydroxyl groups excluding tert-OH is 2. The van der Waals surface area contributed by atoms with E-state index in [0.29, 0.717) is 47.7 Å². The van der Waals surface area contributed by atoms with Crippen LogP contribution >= 0.6 is 0 Å². The number of hydrogen-bond acceptors (Lipinski definition) is 4. The van der Waals surface area contributed by atoms with E-state index in [9.17, 15) is 15.0 Å². The number of alkyl carbamates (subject to hydrolysis) is 1. The van der Waals surface area contributed by atoms with E-state index < -0.39 is 0 Å². The summed E-state index contributed by atoms with van der Waals surface area (Å²) in [6.07, 6.45) is 9.80. The van der Waals surface area contributed by atoms with Gasteiger partial charge in [0, 0.05) is 12.5 Å². The molecule has 0 spiro atoms. The topological polar surface area (TPSA) is 78.8 Å². The second kappa shape index (κ2) is 9.67. The van der Waals surface area contributed by atoms with E-state index >= 15 is 0 Å². The van der Waals surface area contributed by atoms with Gasteiger partial charge in [-0.1, -0.05) is 27.4 Å². The molecule has 4 saturated carbocycles. The van der Waals surface area contributed by atoms with Crippen molar-refractivity contribution in [3.8, 4) is 0 Å². The molecule has 4 aliphatic carbocycles. The summed E-state index contributed by atoms with van der Waals surface area (Å²) in [7, 11) is 0. The van der Waals surface area contributed by atoms with Gasteiger partial charge in [0.05, 0.1) is 11.9 Å². The molecule has 194 valence electrons. The van der Waals surface area contributed by atoms with Crippen LogP contribution in [-0.2, 0) is 4.74 Å². The minimum absolute atomic E-state index is 0.0348. The van der Waals surface area contributed by atoms with Gasteiger partial charge in [0.25, 0.3) is 0 Å². The smallest absolute Gasteiger partial charge is 0.407 e. The van der Waals surface area contributed by atoms with Crippen LogP contribution in [-0.4, -0.2) is 34.6 Å². The van der Waals surface area contributed by atoms with Crippen LogP contribution in [0.2, 0.25) is 0 Å². The lowest BCUT2D eigenvalue weighted by atomic mass is 9.43. The predicted molar refractivity (Wildman–Crippen MR) is 135 cm³/mol. The molecule has 1 amide bonds. The highest BCUT2D eigenvalue weighted by Gasteiger charge is 2.63. The summed E-state index contributed by atoms with van der Waals surface area (Å²) < 4.78 is 5.78. The lowest BCUT2D eigenvalue weighted by Crippen LogP contribution is -2.59. The van der Waals surface area contributed by atoms with E-state index in [-0.39, 0.29) is 35.2 Å². The first-order valence-electron chi connectivity index (χ1n) is 14.0. The molecule has 4 rings (SSSR count). The Morgan fingerprint density at radius 1 is 1.06 bits per heavy atom. The molecule has 4 aliphatic rings. The molecule has 0 aromatic carbocycles. The minimum atomic E-state index is -0.304. The number of carbonyl (C=O) groups is 1. The Morgan fingerprint density at radius 2 is 1.74 bits per heavy atom. The SMILES string of the molecule is C=C(O)CC[C@@H](C)[C@H]1CC[C@H]2[C@@H]3[C@H](O)C[C@@H]4C[C@H](OC(=O)NC(C)C)CC[C@]4(C)[C@H]3CC[C@]12C. The zero-order chi connectivity index (χ0) is 24.8. The van der Waals surface area contributed by atoms with Crippen LogP contribution in [0.4, 0.5) is 4.79 Å². The highest BCUT2D eigenvalue weighted by molar-refractivity contribution is 5.67. The van der Waals surface area contributed by atoms with Crippen molar-refractivity contribution in [2.45, 2.75) is 117 Å². The molecule has 0 heterocycles. The van der Waals surface area contributed by atoms with Gasteiger partial charge in [-0.15, -0.1) is 0 Å². The summed E-state index contributed by atoms with van der Waals surface area (Å²) >= 11 is 0. The van der Waals surface area contributed by atoms with E-state index in [1.807, 2.05) is 13.8 Å². The molecule has 10 atom stereocenters. The Balaban J connectivity index is 1.46. The Kier molecular flexibility index (Phi) is 7.35. The summed E-state index contributed by atoms with van der Waals surface area (Å²) in [6, 6.07) is 0.0792. The third-order valence-electron chi connectivity index (χ3n) is 11.0. The number of aliphatic hydroxyl groups is 2. The molecule has 0 radical (unpaired) electrons. The summed E-state index contributed by atoms with van der Waals surface area (Å²) in [5.74, 6) is 3.52. The zero-order valence-corrected chi connectivity index (χ0v) is 22.2. The second-order valence-electron chi connectivity index (χ2n) is 13.2. The monoisotopic (exact) mass is 475 g/mol. The van der Waals surface area contributed by atoms with Crippen molar-refractivity contribution in [2.75, 3.05) is 0 Å².